The van der Waals surface area contributed by atoms with Gasteiger partial charge in [0.15, 0.2) is 0 Å². The van der Waals surface area contributed by atoms with E-state index < -0.39 is 23.4 Å². The van der Waals surface area contributed by atoms with Crippen molar-refractivity contribution in [1.82, 2.24) is 4.98 Å². The Morgan fingerprint density at radius 1 is 1.26 bits per heavy atom. The molecule has 0 unspecified atom stereocenters. The maximum absolute atomic E-state index is 10.9. The second-order valence-electron chi connectivity index (χ2n) is 3.43. The molecule has 2 aromatic rings. The Hall–Kier alpha value is -1.86. The van der Waals surface area contributed by atoms with Crippen molar-refractivity contribution in [3.63, 3.8) is 0 Å². The lowest BCUT2D eigenvalue weighted by atomic mass is 10.2. The Bertz CT molecular complexity index is 650. The fourth-order valence-corrected chi connectivity index (χ4v) is 1.97. The lowest BCUT2D eigenvalue weighted by molar-refractivity contribution is 0.0624. The van der Waals surface area contributed by atoms with Crippen LogP contribution >= 0.6 is 27.5 Å². The molecule has 2 N–H and O–H groups in total. The van der Waals surface area contributed by atoms with Crippen molar-refractivity contribution in [2.75, 3.05) is 0 Å². The minimum atomic E-state index is -1.51. The topological polar surface area (TPSA) is 101 Å². The van der Waals surface area contributed by atoms with E-state index in [0.717, 1.165) is 0 Å². The highest BCUT2D eigenvalue weighted by molar-refractivity contribution is 9.10. The molecule has 0 radical (unpaired) electrons. The first kappa shape index (κ1) is 13.6. The van der Waals surface area contributed by atoms with Crippen LogP contribution in [0.15, 0.2) is 27.1 Å². The number of oxazole rings is 1. The molecule has 0 amide bonds. The molecule has 0 bridgehead atoms. The maximum Gasteiger partial charge on any atom is 0.374 e. The van der Waals surface area contributed by atoms with Gasteiger partial charge in [0.25, 0.3) is 0 Å². The van der Waals surface area contributed by atoms with E-state index in [1.165, 1.54) is 6.07 Å². The molecule has 1 aromatic heterocycles. The minimum absolute atomic E-state index is 0.135. The number of aromatic nitrogens is 1. The summed E-state index contributed by atoms with van der Waals surface area (Å²) in [5.41, 5.74) is -0.295. The van der Waals surface area contributed by atoms with Gasteiger partial charge in [-0.1, -0.05) is 11.6 Å². The summed E-state index contributed by atoms with van der Waals surface area (Å²) in [6.07, 6.45) is 0. The number of benzene rings is 1. The van der Waals surface area contributed by atoms with Gasteiger partial charge in [0.05, 0.1) is 5.56 Å². The van der Waals surface area contributed by atoms with Gasteiger partial charge in [-0.2, -0.15) is 0 Å². The minimum Gasteiger partial charge on any atom is -0.476 e. The summed E-state index contributed by atoms with van der Waals surface area (Å²) < 4.78 is 5.53. The van der Waals surface area contributed by atoms with E-state index in [9.17, 15) is 9.59 Å². The predicted molar refractivity (Wildman–Crippen MR) is 68.6 cm³/mol. The molecule has 0 aliphatic rings. The molecule has 98 valence electrons. The summed E-state index contributed by atoms with van der Waals surface area (Å²) in [4.78, 5) is 25.5. The number of hydrogen-bond donors (Lipinski definition) is 2. The van der Waals surface area contributed by atoms with E-state index in [2.05, 4.69) is 20.9 Å². The van der Waals surface area contributed by atoms with Gasteiger partial charge in [-0.3, -0.25) is 0 Å². The number of carboxylic acids is 2. The van der Waals surface area contributed by atoms with Crippen LogP contribution in [0.4, 0.5) is 0 Å². The van der Waals surface area contributed by atoms with Crippen molar-refractivity contribution in [2.45, 2.75) is 0 Å². The Labute approximate surface area is 119 Å². The molecule has 1 aromatic carbocycles. The summed E-state index contributed by atoms with van der Waals surface area (Å²) in [5, 5.41) is 18.1. The van der Waals surface area contributed by atoms with Gasteiger partial charge >= 0.3 is 11.9 Å². The van der Waals surface area contributed by atoms with E-state index in [1.54, 1.807) is 12.1 Å². The largest absolute Gasteiger partial charge is 0.476 e. The number of nitrogens with zero attached hydrogens (tertiary/aromatic N) is 1. The third kappa shape index (κ3) is 2.61. The van der Waals surface area contributed by atoms with Crippen LogP contribution < -0.4 is 0 Å². The summed E-state index contributed by atoms with van der Waals surface area (Å²) >= 11 is 9.04. The fourth-order valence-electron chi connectivity index (χ4n) is 1.39. The van der Waals surface area contributed by atoms with Gasteiger partial charge in [0.1, 0.15) is 0 Å². The van der Waals surface area contributed by atoms with Gasteiger partial charge in [-0.25, -0.2) is 14.6 Å². The number of aromatic carboxylic acids is 2. The van der Waals surface area contributed by atoms with Crippen LogP contribution in [0.2, 0.25) is 5.02 Å². The Morgan fingerprint density at radius 2 is 1.95 bits per heavy atom. The van der Waals surface area contributed by atoms with Crippen molar-refractivity contribution >= 4 is 39.5 Å². The first-order chi connectivity index (χ1) is 8.90. The number of carboxylic acid groups (broad SMARTS) is 2. The quantitative estimate of drug-likeness (QED) is 0.885. The van der Waals surface area contributed by atoms with E-state index in [-0.39, 0.29) is 5.89 Å². The Morgan fingerprint density at radius 3 is 2.47 bits per heavy atom. The summed E-state index contributed by atoms with van der Waals surface area (Å²) in [5.74, 6) is -3.85. The van der Waals surface area contributed by atoms with Crippen molar-refractivity contribution in [3.8, 4) is 11.5 Å². The highest BCUT2D eigenvalue weighted by Gasteiger charge is 2.26. The average Bonchev–Trinajstić information content (AvgIpc) is 2.77. The number of halogens is 2. The Kier molecular flexibility index (Phi) is 3.59. The second-order valence-corrected chi connectivity index (χ2v) is 4.72. The molecule has 6 nitrogen and oxygen atoms in total. The maximum atomic E-state index is 10.9. The molecule has 0 atom stereocenters. The molecular formula is C11H5BrClNO5. The molecule has 8 heteroatoms. The lowest BCUT2D eigenvalue weighted by Crippen LogP contribution is -2.05. The third-order valence-corrected chi connectivity index (χ3v) is 3.11. The highest BCUT2D eigenvalue weighted by atomic mass is 79.9. The summed E-state index contributed by atoms with van der Waals surface area (Å²) in [6, 6.07) is 4.70. The van der Waals surface area contributed by atoms with E-state index in [4.69, 9.17) is 26.2 Å². The predicted octanol–water partition coefficient (Wildman–Crippen LogP) is 3.15. The van der Waals surface area contributed by atoms with Crippen LogP contribution in [0, 0.1) is 0 Å². The Balaban J connectivity index is 2.64. The average molecular weight is 347 g/mol. The van der Waals surface area contributed by atoms with Gasteiger partial charge in [0.2, 0.25) is 17.3 Å². The molecule has 0 aliphatic carbocycles. The highest BCUT2D eigenvalue weighted by Crippen LogP contribution is 2.31. The van der Waals surface area contributed by atoms with Crippen LogP contribution in [0.5, 0.6) is 0 Å². The van der Waals surface area contributed by atoms with Crippen LogP contribution in [-0.4, -0.2) is 27.1 Å². The molecule has 0 spiro atoms. The zero-order chi connectivity index (χ0) is 14.2. The normalized spacial score (nSPS) is 10.4. The molecule has 0 saturated carbocycles. The van der Waals surface area contributed by atoms with Crippen LogP contribution in [0.25, 0.3) is 11.5 Å². The number of carbonyl (C=O) groups is 2. The molecular weight excluding hydrogens is 341 g/mol. The first-order valence-electron chi connectivity index (χ1n) is 4.83. The molecule has 0 aliphatic heterocycles. The SMILES string of the molecule is O=C(O)c1nc(-c2cc(Cl)ccc2Br)oc1C(=O)O. The second kappa shape index (κ2) is 5.02. The molecule has 19 heavy (non-hydrogen) atoms. The third-order valence-electron chi connectivity index (χ3n) is 2.18. The first-order valence-corrected chi connectivity index (χ1v) is 6.00. The van der Waals surface area contributed by atoms with Crippen LogP contribution in [-0.2, 0) is 0 Å². The summed E-state index contributed by atoms with van der Waals surface area (Å²) in [6.45, 7) is 0. The van der Waals surface area contributed by atoms with Gasteiger partial charge in [0, 0.05) is 9.50 Å². The smallest absolute Gasteiger partial charge is 0.374 e. The van der Waals surface area contributed by atoms with Gasteiger partial charge in [-0.05, 0) is 34.1 Å². The summed E-state index contributed by atoms with van der Waals surface area (Å²) in [7, 11) is 0. The van der Waals surface area contributed by atoms with E-state index in [1.807, 2.05) is 0 Å². The van der Waals surface area contributed by atoms with E-state index >= 15 is 0 Å². The molecule has 1 heterocycles. The monoisotopic (exact) mass is 345 g/mol. The zero-order valence-electron chi connectivity index (χ0n) is 9.05. The molecule has 0 fully saturated rings. The van der Waals surface area contributed by atoms with Crippen LogP contribution in [0.1, 0.15) is 21.0 Å². The van der Waals surface area contributed by atoms with Crippen molar-refractivity contribution in [1.29, 1.82) is 0 Å². The number of hydrogen-bond acceptors (Lipinski definition) is 4. The lowest BCUT2D eigenvalue weighted by Gasteiger charge is -1.99. The molecule has 2 rings (SSSR count). The van der Waals surface area contributed by atoms with Crippen molar-refractivity contribution < 1.29 is 24.2 Å². The molecule has 0 saturated heterocycles. The fraction of sp³-hybridized carbons (Fsp3) is 0. The zero-order valence-corrected chi connectivity index (χ0v) is 11.4. The van der Waals surface area contributed by atoms with Gasteiger partial charge in [-0.15, -0.1) is 0 Å². The van der Waals surface area contributed by atoms with Crippen LogP contribution in [0.3, 0.4) is 0 Å². The van der Waals surface area contributed by atoms with Crippen molar-refractivity contribution in [3.05, 3.63) is 39.1 Å². The number of rotatable bonds is 3. The van der Waals surface area contributed by atoms with E-state index in [0.29, 0.717) is 15.1 Å². The standard InChI is InChI=1S/C11H5BrClNO5/c12-6-2-1-4(13)3-5(6)9-14-7(10(15)16)8(19-9)11(17)18/h1-3H,(H,15,16)(H,17,18). The van der Waals surface area contributed by atoms with Crippen molar-refractivity contribution in [2.24, 2.45) is 0 Å². The van der Waals surface area contributed by atoms with Gasteiger partial charge < -0.3 is 14.6 Å².